The molecule has 0 saturated carbocycles. The van der Waals surface area contributed by atoms with E-state index in [4.69, 9.17) is 18.9 Å². The van der Waals surface area contributed by atoms with Gasteiger partial charge in [0.15, 0.2) is 0 Å². The van der Waals surface area contributed by atoms with Gasteiger partial charge in [-0.25, -0.2) is 4.79 Å². The maximum absolute atomic E-state index is 12.1. The van der Waals surface area contributed by atoms with E-state index in [0.717, 1.165) is 0 Å². The van der Waals surface area contributed by atoms with Crippen LogP contribution in [0.3, 0.4) is 0 Å². The first-order valence-corrected chi connectivity index (χ1v) is 6.67. The molecule has 7 heteroatoms. The second-order valence-electron chi connectivity index (χ2n) is 6.16. The Bertz CT molecular complexity index is 464. The van der Waals surface area contributed by atoms with Gasteiger partial charge in [-0.15, -0.1) is 0 Å². The average molecular weight is 300 g/mol. The van der Waals surface area contributed by atoms with Crippen LogP contribution in [0.5, 0.6) is 0 Å². The summed E-state index contributed by atoms with van der Waals surface area (Å²) in [7, 11) is 1.24. The number of carbonyl (C=O) groups excluding carboxylic acids is 2. The molecular formula is C14H20O7. The topological polar surface area (TPSA) is 94.6 Å². The number of aliphatic hydroxyl groups is 1. The largest absolute Gasteiger partial charge is 0.508 e. The van der Waals surface area contributed by atoms with Crippen molar-refractivity contribution in [2.75, 3.05) is 13.7 Å². The van der Waals surface area contributed by atoms with Crippen molar-refractivity contribution in [1.82, 2.24) is 0 Å². The van der Waals surface area contributed by atoms with Crippen molar-refractivity contribution >= 4 is 12.1 Å². The van der Waals surface area contributed by atoms with E-state index in [9.17, 15) is 14.7 Å². The highest BCUT2D eigenvalue weighted by molar-refractivity contribution is 5.81. The number of ether oxygens (including phenoxy) is 4. The first-order chi connectivity index (χ1) is 9.69. The van der Waals surface area contributed by atoms with Gasteiger partial charge in [-0.1, -0.05) is 12.2 Å². The Kier molecular flexibility index (Phi) is 3.99. The first kappa shape index (κ1) is 15.8. The van der Waals surface area contributed by atoms with Crippen molar-refractivity contribution < 1.29 is 33.6 Å². The van der Waals surface area contributed by atoms with Gasteiger partial charge in [-0.3, -0.25) is 4.79 Å². The van der Waals surface area contributed by atoms with Crippen LogP contribution in [0.4, 0.5) is 4.79 Å². The molecule has 1 aliphatic heterocycles. The molecule has 0 aromatic rings. The molecule has 2 aliphatic rings. The van der Waals surface area contributed by atoms with E-state index < -0.39 is 41.5 Å². The zero-order valence-corrected chi connectivity index (χ0v) is 12.5. The van der Waals surface area contributed by atoms with Gasteiger partial charge in [-0.05, 0) is 20.8 Å². The number of fused-ring (bicyclic) bond motifs is 1. The molecule has 0 aromatic carbocycles. The second-order valence-corrected chi connectivity index (χ2v) is 6.16. The Morgan fingerprint density at radius 3 is 2.62 bits per heavy atom. The van der Waals surface area contributed by atoms with Crippen molar-refractivity contribution in [2.45, 2.75) is 44.7 Å². The summed E-state index contributed by atoms with van der Waals surface area (Å²) in [6.45, 7) is 4.86. The Labute approximate surface area is 122 Å². The van der Waals surface area contributed by atoms with Crippen molar-refractivity contribution in [2.24, 2.45) is 5.41 Å². The summed E-state index contributed by atoms with van der Waals surface area (Å²) in [6.07, 6.45) is 0.242. The lowest BCUT2D eigenvalue weighted by Gasteiger charge is -2.29. The van der Waals surface area contributed by atoms with Crippen LogP contribution in [-0.4, -0.2) is 54.9 Å². The lowest BCUT2D eigenvalue weighted by molar-refractivity contribution is -0.154. The number of methoxy groups -OCH3 is 1. The minimum atomic E-state index is -1.24. The Morgan fingerprint density at radius 1 is 1.38 bits per heavy atom. The smallest absolute Gasteiger partial charge is 0.468 e. The molecule has 1 fully saturated rings. The molecule has 7 nitrogen and oxygen atoms in total. The molecule has 0 spiro atoms. The number of hydrogen-bond donors (Lipinski definition) is 1. The minimum Gasteiger partial charge on any atom is -0.468 e. The molecule has 0 unspecified atom stereocenters. The number of epoxide rings is 1. The number of esters is 1. The summed E-state index contributed by atoms with van der Waals surface area (Å²) in [4.78, 5) is 23.7. The zero-order valence-electron chi connectivity index (χ0n) is 12.5. The maximum Gasteiger partial charge on any atom is 0.508 e. The van der Waals surface area contributed by atoms with Gasteiger partial charge in [-0.2, -0.15) is 0 Å². The number of aliphatic hydroxyl groups excluding tert-OH is 1. The van der Waals surface area contributed by atoms with Gasteiger partial charge in [0.25, 0.3) is 0 Å². The van der Waals surface area contributed by atoms with Crippen LogP contribution in [-0.2, 0) is 23.7 Å². The molecule has 0 amide bonds. The lowest BCUT2D eigenvalue weighted by atomic mass is 9.78. The van der Waals surface area contributed by atoms with Crippen LogP contribution in [0.25, 0.3) is 0 Å². The van der Waals surface area contributed by atoms with Crippen LogP contribution in [0, 0.1) is 5.41 Å². The highest BCUT2D eigenvalue weighted by atomic mass is 16.7. The Morgan fingerprint density at radius 2 is 2.05 bits per heavy atom. The fourth-order valence-electron chi connectivity index (χ4n) is 2.29. The quantitative estimate of drug-likeness (QED) is 0.468. The number of carbonyl (C=O) groups is 2. The summed E-state index contributed by atoms with van der Waals surface area (Å²) in [5, 5.41) is 9.64. The molecule has 4 atom stereocenters. The van der Waals surface area contributed by atoms with E-state index in [1.807, 2.05) is 0 Å². The predicted molar refractivity (Wildman–Crippen MR) is 70.4 cm³/mol. The standard InChI is InChI=1S/C14H20O7/c1-13(2,3)21-12(17)19-7-14(11(16)18-4)6-5-8(15)9-10(14)20-9/h5-6,8-10,15H,7H2,1-4H3/t8-,9-,10-,14-/m1/s1. The van der Waals surface area contributed by atoms with Crippen molar-refractivity contribution in [3.8, 4) is 0 Å². The molecule has 118 valence electrons. The normalized spacial score (nSPS) is 33.9. The number of hydrogen-bond acceptors (Lipinski definition) is 7. The number of rotatable bonds is 3. The van der Waals surface area contributed by atoms with Crippen LogP contribution in [0.15, 0.2) is 12.2 Å². The Balaban J connectivity index is 2.07. The van der Waals surface area contributed by atoms with Crippen LogP contribution >= 0.6 is 0 Å². The fraction of sp³-hybridized carbons (Fsp3) is 0.714. The maximum atomic E-state index is 12.1. The van der Waals surface area contributed by atoms with Gasteiger partial charge in [0.1, 0.15) is 35.9 Å². The highest BCUT2D eigenvalue weighted by Gasteiger charge is 2.63. The van der Waals surface area contributed by atoms with Crippen molar-refractivity contribution in [3.63, 3.8) is 0 Å². The van der Waals surface area contributed by atoms with Gasteiger partial charge < -0.3 is 24.1 Å². The third kappa shape index (κ3) is 3.19. The molecule has 1 saturated heterocycles. The summed E-state index contributed by atoms with van der Waals surface area (Å²) in [5.74, 6) is -0.582. The first-order valence-electron chi connectivity index (χ1n) is 6.67. The highest BCUT2D eigenvalue weighted by Crippen LogP contribution is 2.46. The third-order valence-electron chi connectivity index (χ3n) is 3.34. The fourth-order valence-corrected chi connectivity index (χ4v) is 2.29. The molecule has 0 aromatic heterocycles. The van der Waals surface area contributed by atoms with Crippen LogP contribution in [0.2, 0.25) is 0 Å². The van der Waals surface area contributed by atoms with E-state index in [-0.39, 0.29) is 6.61 Å². The van der Waals surface area contributed by atoms with E-state index in [0.29, 0.717) is 0 Å². The minimum absolute atomic E-state index is 0.265. The third-order valence-corrected chi connectivity index (χ3v) is 3.34. The predicted octanol–water partition coefficient (Wildman–Crippen LogP) is 0.796. The van der Waals surface area contributed by atoms with Gasteiger partial charge in [0.2, 0.25) is 0 Å². The summed E-state index contributed by atoms with van der Waals surface area (Å²) >= 11 is 0. The van der Waals surface area contributed by atoms with Crippen molar-refractivity contribution in [3.05, 3.63) is 12.2 Å². The summed E-state index contributed by atoms with van der Waals surface area (Å²) in [6, 6.07) is 0. The Hall–Kier alpha value is -1.60. The van der Waals surface area contributed by atoms with E-state index >= 15 is 0 Å². The zero-order chi connectivity index (χ0) is 15.8. The van der Waals surface area contributed by atoms with E-state index in [2.05, 4.69) is 0 Å². The van der Waals surface area contributed by atoms with Gasteiger partial charge in [0, 0.05) is 0 Å². The second kappa shape index (κ2) is 5.31. The van der Waals surface area contributed by atoms with E-state index in [1.54, 1.807) is 20.8 Å². The molecule has 2 rings (SSSR count). The lowest BCUT2D eigenvalue weighted by Crippen LogP contribution is -2.45. The molecule has 0 bridgehead atoms. The molecule has 1 N–H and O–H groups in total. The van der Waals surface area contributed by atoms with Crippen LogP contribution in [0.1, 0.15) is 20.8 Å². The van der Waals surface area contributed by atoms with Gasteiger partial charge in [0.05, 0.1) is 7.11 Å². The molecule has 21 heavy (non-hydrogen) atoms. The monoisotopic (exact) mass is 300 g/mol. The van der Waals surface area contributed by atoms with E-state index in [1.165, 1.54) is 19.3 Å². The molecule has 1 heterocycles. The van der Waals surface area contributed by atoms with Crippen LogP contribution < -0.4 is 0 Å². The SMILES string of the molecule is COC(=O)[C@@]1(COC(=O)OC(C)(C)C)C=C[C@@H](O)[C@H]2O[C@H]21. The summed E-state index contributed by atoms with van der Waals surface area (Å²) < 4.78 is 20.2. The summed E-state index contributed by atoms with van der Waals surface area (Å²) in [5.41, 5.74) is -1.93. The molecular weight excluding hydrogens is 280 g/mol. The van der Waals surface area contributed by atoms with Crippen molar-refractivity contribution in [1.29, 1.82) is 0 Å². The molecule has 1 aliphatic carbocycles. The average Bonchev–Trinajstić information content (AvgIpc) is 3.17. The van der Waals surface area contributed by atoms with Gasteiger partial charge >= 0.3 is 12.1 Å². The molecule has 0 radical (unpaired) electrons.